The molecule has 2 rings (SSSR count). The van der Waals surface area contributed by atoms with Gasteiger partial charge in [-0.1, -0.05) is 42.5 Å². The van der Waals surface area contributed by atoms with E-state index in [4.69, 9.17) is 0 Å². The summed E-state index contributed by atoms with van der Waals surface area (Å²) in [5, 5.41) is 16.1. The summed E-state index contributed by atoms with van der Waals surface area (Å²) in [4.78, 5) is 4.55. The second-order valence-electron chi connectivity index (χ2n) is 5.38. The molecule has 3 N–H and O–H groups in total. The van der Waals surface area contributed by atoms with Crippen LogP contribution in [0.15, 0.2) is 59.6 Å². The van der Waals surface area contributed by atoms with E-state index in [9.17, 15) is 5.11 Å². The SMILES string of the molecule is CCNC(=NCc1cccc(O)c1)NCCCc1ccccc1. The van der Waals surface area contributed by atoms with Crippen molar-refractivity contribution in [1.82, 2.24) is 10.6 Å². The Labute approximate surface area is 138 Å². The van der Waals surface area contributed by atoms with Crippen molar-refractivity contribution in [2.75, 3.05) is 13.1 Å². The number of rotatable bonds is 7. The summed E-state index contributed by atoms with van der Waals surface area (Å²) >= 11 is 0. The van der Waals surface area contributed by atoms with Crippen molar-refractivity contribution in [2.45, 2.75) is 26.3 Å². The molecule has 0 spiro atoms. The van der Waals surface area contributed by atoms with Gasteiger partial charge in [0.2, 0.25) is 0 Å². The summed E-state index contributed by atoms with van der Waals surface area (Å²) in [7, 11) is 0. The van der Waals surface area contributed by atoms with Crippen molar-refractivity contribution in [3.63, 3.8) is 0 Å². The van der Waals surface area contributed by atoms with Crippen molar-refractivity contribution >= 4 is 5.96 Å². The maximum Gasteiger partial charge on any atom is 0.191 e. The standard InChI is InChI=1S/C19H25N3O/c1-2-20-19(22-15-17-10-6-12-18(23)14-17)21-13-7-11-16-8-4-3-5-9-16/h3-6,8-10,12,14,23H,2,7,11,13,15H2,1H3,(H2,20,21,22). The van der Waals surface area contributed by atoms with Crippen LogP contribution < -0.4 is 10.6 Å². The molecule has 2 aromatic rings. The molecule has 0 amide bonds. The number of aliphatic imine (C=N–C) groups is 1. The van der Waals surface area contributed by atoms with E-state index in [0.717, 1.165) is 37.5 Å². The van der Waals surface area contributed by atoms with Crippen molar-refractivity contribution in [3.8, 4) is 5.75 Å². The third-order valence-electron chi connectivity index (χ3n) is 3.45. The maximum atomic E-state index is 9.48. The second-order valence-corrected chi connectivity index (χ2v) is 5.38. The minimum atomic E-state index is 0.276. The van der Waals surface area contributed by atoms with Gasteiger partial charge in [-0.25, -0.2) is 4.99 Å². The number of guanidine groups is 1. The zero-order chi connectivity index (χ0) is 16.3. The molecule has 23 heavy (non-hydrogen) atoms. The van der Waals surface area contributed by atoms with Crippen LogP contribution in [0.5, 0.6) is 5.75 Å². The maximum absolute atomic E-state index is 9.48. The van der Waals surface area contributed by atoms with E-state index in [1.807, 2.05) is 18.2 Å². The number of aryl methyl sites for hydroxylation is 1. The number of aromatic hydroxyl groups is 1. The van der Waals surface area contributed by atoms with E-state index in [2.05, 4.69) is 46.8 Å². The minimum Gasteiger partial charge on any atom is -0.508 e. The predicted octanol–water partition coefficient (Wildman–Crippen LogP) is 3.08. The van der Waals surface area contributed by atoms with E-state index in [0.29, 0.717) is 6.54 Å². The number of hydrogen-bond donors (Lipinski definition) is 3. The van der Waals surface area contributed by atoms with Gasteiger partial charge in [0.05, 0.1) is 6.54 Å². The summed E-state index contributed by atoms with van der Waals surface area (Å²) in [6, 6.07) is 17.7. The molecule has 0 aliphatic carbocycles. The first kappa shape index (κ1) is 16.9. The Morgan fingerprint density at radius 3 is 2.52 bits per heavy atom. The smallest absolute Gasteiger partial charge is 0.191 e. The lowest BCUT2D eigenvalue weighted by molar-refractivity contribution is 0.474. The van der Waals surface area contributed by atoms with Gasteiger partial charge in [0.15, 0.2) is 5.96 Å². The Morgan fingerprint density at radius 1 is 1.00 bits per heavy atom. The molecule has 4 heteroatoms. The minimum absolute atomic E-state index is 0.276. The Hall–Kier alpha value is -2.49. The number of benzene rings is 2. The first-order chi connectivity index (χ1) is 11.3. The fraction of sp³-hybridized carbons (Fsp3) is 0.316. The molecule has 0 aliphatic rings. The molecule has 0 atom stereocenters. The van der Waals surface area contributed by atoms with Crippen LogP contribution in [-0.2, 0) is 13.0 Å². The number of nitrogens with zero attached hydrogens (tertiary/aromatic N) is 1. The predicted molar refractivity (Wildman–Crippen MR) is 95.7 cm³/mol. The van der Waals surface area contributed by atoms with Gasteiger partial charge in [-0.15, -0.1) is 0 Å². The lowest BCUT2D eigenvalue weighted by Gasteiger charge is -2.11. The highest BCUT2D eigenvalue weighted by Crippen LogP contribution is 2.11. The first-order valence-electron chi connectivity index (χ1n) is 8.12. The molecule has 0 aliphatic heterocycles. The Morgan fingerprint density at radius 2 is 1.78 bits per heavy atom. The van der Waals surface area contributed by atoms with Crippen LogP contribution in [0.1, 0.15) is 24.5 Å². The fourth-order valence-corrected chi connectivity index (χ4v) is 2.31. The van der Waals surface area contributed by atoms with Crippen molar-refractivity contribution in [3.05, 3.63) is 65.7 Å². The molecule has 0 bridgehead atoms. The van der Waals surface area contributed by atoms with Crippen LogP contribution in [0.25, 0.3) is 0 Å². The average molecular weight is 311 g/mol. The zero-order valence-corrected chi connectivity index (χ0v) is 13.6. The number of nitrogens with one attached hydrogen (secondary N) is 2. The van der Waals surface area contributed by atoms with Crippen LogP contribution >= 0.6 is 0 Å². The quantitative estimate of drug-likeness (QED) is 0.418. The van der Waals surface area contributed by atoms with Crippen molar-refractivity contribution in [2.24, 2.45) is 4.99 Å². The normalized spacial score (nSPS) is 11.3. The van der Waals surface area contributed by atoms with Crippen LogP contribution in [-0.4, -0.2) is 24.2 Å². The highest BCUT2D eigenvalue weighted by atomic mass is 16.3. The van der Waals surface area contributed by atoms with Crippen LogP contribution in [0.3, 0.4) is 0 Å². The van der Waals surface area contributed by atoms with Gasteiger partial charge in [0.1, 0.15) is 5.75 Å². The summed E-state index contributed by atoms with van der Waals surface area (Å²) in [6.07, 6.45) is 2.11. The number of phenolic OH excluding ortho intramolecular Hbond substituents is 1. The van der Waals surface area contributed by atoms with E-state index >= 15 is 0 Å². The summed E-state index contributed by atoms with van der Waals surface area (Å²) in [6.45, 7) is 4.29. The third kappa shape index (κ3) is 6.43. The molecular formula is C19H25N3O. The zero-order valence-electron chi connectivity index (χ0n) is 13.6. The van der Waals surface area contributed by atoms with Gasteiger partial charge in [-0.2, -0.15) is 0 Å². The lowest BCUT2D eigenvalue weighted by atomic mass is 10.1. The monoisotopic (exact) mass is 311 g/mol. The van der Waals surface area contributed by atoms with E-state index < -0.39 is 0 Å². The summed E-state index contributed by atoms with van der Waals surface area (Å²) < 4.78 is 0. The molecule has 4 nitrogen and oxygen atoms in total. The molecule has 0 aromatic heterocycles. The van der Waals surface area contributed by atoms with Crippen molar-refractivity contribution in [1.29, 1.82) is 0 Å². The molecule has 0 fully saturated rings. The van der Waals surface area contributed by atoms with Gasteiger partial charge in [-0.05, 0) is 43.0 Å². The van der Waals surface area contributed by atoms with Crippen LogP contribution in [0, 0.1) is 0 Å². The van der Waals surface area contributed by atoms with Gasteiger partial charge in [0.25, 0.3) is 0 Å². The highest BCUT2D eigenvalue weighted by Gasteiger charge is 1.99. The molecule has 122 valence electrons. The van der Waals surface area contributed by atoms with E-state index in [1.54, 1.807) is 12.1 Å². The molecule has 0 heterocycles. The second kappa shape index (κ2) is 9.51. The molecule has 0 saturated heterocycles. The third-order valence-corrected chi connectivity index (χ3v) is 3.45. The topological polar surface area (TPSA) is 56.7 Å². The van der Waals surface area contributed by atoms with Gasteiger partial charge >= 0.3 is 0 Å². The lowest BCUT2D eigenvalue weighted by Crippen LogP contribution is -2.37. The average Bonchev–Trinajstić information content (AvgIpc) is 2.57. The van der Waals surface area contributed by atoms with Crippen molar-refractivity contribution < 1.29 is 5.11 Å². The molecule has 2 aromatic carbocycles. The summed E-state index contributed by atoms with van der Waals surface area (Å²) in [5.74, 6) is 1.09. The fourth-order valence-electron chi connectivity index (χ4n) is 2.31. The molecule has 0 unspecified atom stereocenters. The highest BCUT2D eigenvalue weighted by molar-refractivity contribution is 5.79. The Bertz CT molecular complexity index is 611. The Kier molecular flexibility index (Phi) is 6.98. The van der Waals surface area contributed by atoms with Crippen LogP contribution in [0.2, 0.25) is 0 Å². The first-order valence-corrected chi connectivity index (χ1v) is 8.12. The van der Waals surface area contributed by atoms with Gasteiger partial charge in [0, 0.05) is 13.1 Å². The number of phenols is 1. The van der Waals surface area contributed by atoms with E-state index in [1.165, 1.54) is 5.56 Å². The molecular weight excluding hydrogens is 286 g/mol. The summed E-state index contributed by atoms with van der Waals surface area (Å²) in [5.41, 5.74) is 2.35. The van der Waals surface area contributed by atoms with Gasteiger partial charge in [-0.3, -0.25) is 0 Å². The Balaban J connectivity index is 1.79. The van der Waals surface area contributed by atoms with E-state index in [-0.39, 0.29) is 5.75 Å². The van der Waals surface area contributed by atoms with Gasteiger partial charge < -0.3 is 15.7 Å². The molecule has 0 radical (unpaired) electrons. The molecule has 0 saturated carbocycles. The number of hydrogen-bond acceptors (Lipinski definition) is 2. The van der Waals surface area contributed by atoms with Crippen LogP contribution in [0.4, 0.5) is 0 Å². The largest absolute Gasteiger partial charge is 0.508 e.